The largest absolute Gasteiger partial charge is 3.00 e. The number of hydrogen-bond acceptors (Lipinski definition) is 20. The van der Waals surface area contributed by atoms with Gasteiger partial charge in [0.05, 0.1) is 0 Å². The van der Waals surface area contributed by atoms with E-state index in [-0.39, 0.29) is 154 Å². The van der Waals surface area contributed by atoms with Crippen molar-refractivity contribution in [1.82, 2.24) is 0 Å². The van der Waals surface area contributed by atoms with E-state index in [1.807, 2.05) is 0 Å². The van der Waals surface area contributed by atoms with Crippen LogP contribution in [0.15, 0.2) is 0 Å². The quantitative estimate of drug-likeness (QED) is 0.249. The Morgan fingerprint density at radius 2 is 0.312 bits per heavy atom. The summed E-state index contributed by atoms with van der Waals surface area (Å²) in [6, 6.07) is 0. The topological polar surface area (TPSA) is 497 Å². The summed E-state index contributed by atoms with van der Waals surface area (Å²) in [5, 5.41) is 83.3. The molecule has 7 N–H and O–H groups in total. The van der Waals surface area contributed by atoms with Gasteiger partial charge in [0.1, 0.15) is 0 Å². The maximum atomic E-state index is 8.33. The van der Waals surface area contributed by atoms with Crippen molar-refractivity contribution in [1.29, 1.82) is 0 Å². The van der Waals surface area contributed by atoms with Crippen LogP contribution in [0.5, 0.6) is 0 Å². The molecule has 168 valence electrons. The molecule has 0 amide bonds. The van der Waals surface area contributed by atoms with E-state index in [9.17, 15) is 0 Å². The molecule has 0 aromatic heterocycles. The third kappa shape index (κ3) is 678000000. The molecule has 27 heteroatoms. The van der Waals surface area contributed by atoms with Crippen LogP contribution in [0.3, 0.4) is 0 Å². The summed E-state index contributed by atoms with van der Waals surface area (Å²) in [6.45, 7) is 0. The third-order valence-corrected chi connectivity index (χ3v) is 0. The van der Waals surface area contributed by atoms with E-state index < -0.39 is 30.8 Å². The Morgan fingerprint density at radius 3 is 0.312 bits per heavy atom. The smallest absolute Gasteiger partial charge is 0.870 e. The van der Waals surface area contributed by atoms with Crippen LogP contribution in [0.4, 0.5) is 24.0 Å². The molecule has 0 aliphatic rings. The van der Waals surface area contributed by atoms with Gasteiger partial charge < -0.3 is 108 Å². The van der Waals surface area contributed by atoms with Gasteiger partial charge in [-0.2, -0.15) is 0 Å². The second kappa shape index (κ2) is 124. The van der Waals surface area contributed by atoms with Crippen LogP contribution >= 0.6 is 0 Å². The summed E-state index contributed by atoms with van der Waals surface area (Å²) in [6.07, 6.45) is -11.7. The number of carboxylic acid groups (broad SMARTS) is 10. The van der Waals surface area contributed by atoms with Gasteiger partial charge in [0.15, 0.2) is 0 Å². The van der Waals surface area contributed by atoms with Crippen LogP contribution in [-0.2, 0) is 0 Å². The fourth-order valence-corrected chi connectivity index (χ4v) is 0. The van der Waals surface area contributed by atoms with E-state index >= 15 is 0 Å². The first kappa shape index (κ1) is 137. The molecule has 0 aromatic carbocycles. The van der Waals surface area contributed by atoms with Gasteiger partial charge in [-0.25, -0.2) is 0 Å². The SMILES string of the molecule is O.O=C([O-])[O-].O=C([O-])[O-].O=C([O-])[O-].O=C([O-])[O-].O=C([O-])[O-].[Al+3].[Al+3].[Al+3].[Mg+2].[Mg+2].[Mg+2].[OH-].[OH-].[OH-].[OH-].[OH-]. The Bertz CT molecular complexity index is 231. The minimum absolute atomic E-state index is 0. The normalized spacial score (nSPS) is 3.75. The Balaban J connectivity index is -0.00000000536. The minimum Gasteiger partial charge on any atom is -0.870 e. The van der Waals surface area contributed by atoms with Crippen LogP contribution in [0.25, 0.3) is 0 Å². The Labute approximate surface area is 257 Å². The average molecular weight is 557 g/mol. The summed E-state index contributed by atoms with van der Waals surface area (Å²) in [7, 11) is 0. The molecule has 0 spiro atoms. The Hall–Kier alpha value is 0.00610. The Kier molecular flexibility index (Phi) is 529. The van der Waals surface area contributed by atoms with E-state index in [4.69, 9.17) is 75.0 Å². The zero-order valence-electron chi connectivity index (χ0n) is 15.2. The van der Waals surface area contributed by atoms with E-state index in [0.717, 1.165) is 0 Å². The number of carbonyl (C=O) groups excluding carboxylic acids is 5. The first-order chi connectivity index (χ1) is 8.66. The van der Waals surface area contributed by atoms with Crippen LogP contribution in [0, 0.1) is 0 Å². The molecule has 0 saturated heterocycles. The zero-order chi connectivity index (χ0) is 17.9. The van der Waals surface area contributed by atoms with E-state index in [1.165, 1.54) is 0 Å². The average Bonchev–Trinajstić information content (AvgIpc) is 1.94. The molecule has 0 rings (SSSR count). The molecule has 0 unspecified atom stereocenters. The summed E-state index contributed by atoms with van der Waals surface area (Å²) in [4.78, 5) is 41.7. The molecule has 21 nitrogen and oxygen atoms in total. The van der Waals surface area contributed by atoms with Gasteiger partial charge in [-0.3, -0.25) is 0 Å². The summed E-state index contributed by atoms with van der Waals surface area (Å²) < 4.78 is 0. The van der Waals surface area contributed by atoms with Crippen LogP contribution < -0.4 is 51.1 Å². The van der Waals surface area contributed by atoms with Gasteiger partial charge in [0, 0.05) is 0 Å². The van der Waals surface area contributed by atoms with Crippen LogP contribution in [-0.4, -0.2) is 185 Å². The molecular weight excluding hydrogens is 550 g/mol. The minimum atomic E-state index is -2.33. The molecule has 0 radical (unpaired) electrons. The van der Waals surface area contributed by atoms with Crippen molar-refractivity contribution in [3.63, 3.8) is 0 Å². The fraction of sp³-hybridized carbons (Fsp3) is 0. The van der Waals surface area contributed by atoms with Gasteiger partial charge in [-0.15, -0.1) is 0 Å². The molecule has 0 bridgehead atoms. The number of carbonyl (C=O) groups is 5. The summed E-state index contributed by atoms with van der Waals surface area (Å²) in [5.41, 5.74) is 0. The molecule has 0 aliphatic heterocycles. The molecule has 0 fully saturated rings. The van der Waals surface area contributed by atoms with Crippen molar-refractivity contribution >= 4 is 152 Å². The first-order valence-electron chi connectivity index (χ1n) is 3.06. The predicted molar refractivity (Wildman–Crippen MR) is 74.8 cm³/mol. The van der Waals surface area contributed by atoms with E-state index in [1.54, 1.807) is 0 Å². The molecule has 32 heavy (non-hydrogen) atoms. The number of hydrogen-bond donors (Lipinski definition) is 0. The Morgan fingerprint density at radius 1 is 0.312 bits per heavy atom. The third-order valence-electron chi connectivity index (χ3n) is 0. The summed E-state index contributed by atoms with van der Waals surface area (Å²) >= 11 is 0. The summed E-state index contributed by atoms with van der Waals surface area (Å²) in [5.74, 6) is 0. The molecule has 0 saturated carbocycles. The van der Waals surface area contributed by atoms with Crippen LogP contribution in [0.1, 0.15) is 0 Å². The monoisotopic (exact) mass is 556 g/mol. The van der Waals surface area contributed by atoms with Gasteiger partial charge in [0.25, 0.3) is 0 Å². The van der Waals surface area contributed by atoms with Crippen molar-refractivity contribution < 1.29 is 108 Å². The van der Waals surface area contributed by atoms with Crippen molar-refractivity contribution in [2.45, 2.75) is 0 Å². The second-order valence-electron chi connectivity index (χ2n) is 1.25. The van der Waals surface area contributed by atoms with E-state index in [2.05, 4.69) is 0 Å². The fourth-order valence-electron chi connectivity index (χ4n) is 0. The maximum absolute atomic E-state index is 8.33. The van der Waals surface area contributed by atoms with Gasteiger partial charge in [0.2, 0.25) is 0 Å². The standard InChI is InChI=1S/5CH2O3.3Al.3Mg.6H2O/c5*2-1(3)4;;;;;;;;;;;;/h5*(H2,2,3,4);;;;;;;6*1H2/q;;;;;3*+3;3*+2;;;;;;/p-15. The maximum Gasteiger partial charge on any atom is 3.00 e. The molecule has 0 heterocycles. The van der Waals surface area contributed by atoms with Crippen molar-refractivity contribution in [3.05, 3.63) is 0 Å². The van der Waals surface area contributed by atoms with Gasteiger partial charge in [-0.05, 0) is 30.8 Å². The van der Waals surface area contributed by atoms with Gasteiger partial charge in [-0.1, -0.05) is 0 Å². The number of rotatable bonds is 0. The van der Waals surface area contributed by atoms with Gasteiger partial charge >= 0.3 is 121 Å². The predicted octanol–water partition coefficient (Wildman–Crippen LogP) is -16.2. The molecule has 0 aliphatic carbocycles. The van der Waals surface area contributed by atoms with E-state index in [0.29, 0.717) is 0 Å². The molecular formula is C5H7Al3Mg3O21. The zero-order valence-corrected chi connectivity index (χ0v) is 22.9. The molecule has 0 aromatic rings. The molecule has 0 atom stereocenters. The van der Waals surface area contributed by atoms with Crippen molar-refractivity contribution in [3.8, 4) is 0 Å². The van der Waals surface area contributed by atoms with Crippen molar-refractivity contribution in [2.75, 3.05) is 0 Å². The first-order valence-corrected chi connectivity index (χ1v) is 3.06. The second-order valence-corrected chi connectivity index (χ2v) is 1.25. The van der Waals surface area contributed by atoms with Crippen LogP contribution in [0.2, 0.25) is 0 Å². The van der Waals surface area contributed by atoms with Crippen molar-refractivity contribution in [2.24, 2.45) is 0 Å².